The van der Waals surface area contributed by atoms with Crippen molar-refractivity contribution in [1.29, 1.82) is 0 Å². The standard InChI is InChI=1S/C20H27N3O3/c1-21(2)16-7-8-17-18(12-16)26-11-10-23(17)20(25)15-4-3-9-22(13-15)19(24)14-5-6-14/h7-8,12,14-15H,3-6,9-11,13H2,1-2H3. The van der Waals surface area contributed by atoms with Crippen LogP contribution in [0.5, 0.6) is 5.75 Å². The molecule has 1 unspecified atom stereocenters. The predicted molar refractivity (Wildman–Crippen MR) is 101 cm³/mol. The fourth-order valence-corrected chi connectivity index (χ4v) is 3.90. The van der Waals surface area contributed by atoms with Crippen LogP contribution in [0, 0.1) is 11.8 Å². The Labute approximate surface area is 154 Å². The maximum Gasteiger partial charge on any atom is 0.232 e. The van der Waals surface area contributed by atoms with Gasteiger partial charge in [-0.25, -0.2) is 0 Å². The number of carbonyl (C=O) groups is 2. The summed E-state index contributed by atoms with van der Waals surface area (Å²) in [6, 6.07) is 5.97. The van der Waals surface area contributed by atoms with E-state index in [-0.39, 0.29) is 23.7 Å². The van der Waals surface area contributed by atoms with Gasteiger partial charge < -0.3 is 19.4 Å². The first-order valence-corrected chi connectivity index (χ1v) is 9.59. The van der Waals surface area contributed by atoms with Crippen molar-refractivity contribution in [2.75, 3.05) is 50.1 Å². The van der Waals surface area contributed by atoms with Crippen molar-refractivity contribution in [3.8, 4) is 5.75 Å². The van der Waals surface area contributed by atoms with Crippen LogP contribution in [0.15, 0.2) is 18.2 Å². The average Bonchev–Trinajstić information content (AvgIpc) is 3.51. The van der Waals surface area contributed by atoms with Crippen LogP contribution >= 0.6 is 0 Å². The van der Waals surface area contributed by atoms with Crippen molar-refractivity contribution in [3.63, 3.8) is 0 Å². The zero-order chi connectivity index (χ0) is 18.3. The molecular weight excluding hydrogens is 330 g/mol. The quantitative estimate of drug-likeness (QED) is 0.832. The van der Waals surface area contributed by atoms with E-state index in [0.29, 0.717) is 19.7 Å². The van der Waals surface area contributed by atoms with E-state index in [1.807, 2.05) is 47.0 Å². The molecule has 0 radical (unpaired) electrons. The molecule has 1 aromatic rings. The lowest BCUT2D eigenvalue weighted by Crippen LogP contribution is -2.49. The van der Waals surface area contributed by atoms with Crippen molar-refractivity contribution in [2.24, 2.45) is 11.8 Å². The minimum atomic E-state index is -0.106. The molecule has 6 heteroatoms. The summed E-state index contributed by atoms with van der Waals surface area (Å²) in [5, 5.41) is 0. The first-order valence-electron chi connectivity index (χ1n) is 9.59. The van der Waals surface area contributed by atoms with E-state index < -0.39 is 0 Å². The molecule has 2 aliphatic heterocycles. The Morgan fingerprint density at radius 3 is 2.62 bits per heavy atom. The number of carbonyl (C=O) groups excluding carboxylic acids is 2. The van der Waals surface area contributed by atoms with Crippen LogP contribution in [-0.4, -0.2) is 57.1 Å². The molecule has 2 amide bonds. The second kappa shape index (κ2) is 6.82. The van der Waals surface area contributed by atoms with E-state index in [1.54, 1.807) is 0 Å². The van der Waals surface area contributed by atoms with E-state index >= 15 is 0 Å². The third-order valence-electron chi connectivity index (χ3n) is 5.60. The third kappa shape index (κ3) is 3.24. The molecule has 0 aromatic heterocycles. The Hall–Kier alpha value is -2.24. The zero-order valence-electron chi connectivity index (χ0n) is 15.6. The largest absolute Gasteiger partial charge is 0.489 e. The lowest BCUT2D eigenvalue weighted by molar-refractivity contribution is -0.136. The van der Waals surface area contributed by atoms with Gasteiger partial charge in [0.15, 0.2) is 0 Å². The van der Waals surface area contributed by atoms with Gasteiger partial charge in [-0.2, -0.15) is 0 Å². The van der Waals surface area contributed by atoms with Gasteiger partial charge in [-0.05, 0) is 37.8 Å². The highest BCUT2D eigenvalue weighted by atomic mass is 16.5. The fourth-order valence-electron chi connectivity index (χ4n) is 3.90. The van der Waals surface area contributed by atoms with Crippen molar-refractivity contribution in [3.05, 3.63) is 18.2 Å². The number of nitrogens with zero attached hydrogens (tertiary/aromatic N) is 3. The highest BCUT2D eigenvalue weighted by Crippen LogP contribution is 2.37. The van der Waals surface area contributed by atoms with Crippen LogP contribution < -0.4 is 14.5 Å². The molecule has 1 saturated heterocycles. The molecule has 1 aliphatic carbocycles. The predicted octanol–water partition coefficient (Wildman–Crippen LogP) is 2.13. The lowest BCUT2D eigenvalue weighted by atomic mass is 9.95. The summed E-state index contributed by atoms with van der Waals surface area (Å²) in [5.41, 5.74) is 1.90. The number of piperidine rings is 1. The second-order valence-electron chi connectivity index (χ2n) is 7.78. The van der Waals surface area contributed by atoms with E-state index in [1.165, 1.54) is 0 Å². The van der Waals surface area contributed by atoms with Gasteiger partial charge >= 0.3 is 0 Å². The van der Waals surface area contributed by atoms with Crippen LogP contribution in [0.25, 0.3) is 0 Å². The van der Waals surface area contributed by atoms with E-state index in [4.69, 9.17) is 4.74 Å². The number of anilines is 2. The van der Waals surface area contributed by atoms with Crippen molar-refractivity contribution in [1.82, 2.24) is 4.90 Å². The van der Waals surface area contributed by atoms with Crippen molar-refractivity contribution >= 4 is 23.2 Å². The van der Waals surface area contributed by atoms with Gasteiger partial charge in [-0.3, -0.25) is 9.59 Å². The molecule has 1 atom stereocenters. The maximum absolute atomic E-state index is 13.2. The molecule has 26 heavy (non-hydrogen) atoms. The molecule has 0 bridgehead atoms. The molecule has 6 nitrogen and oxygen atoms in total. The first-order chi connectivity index (χ1) is 12.5. The summed E-state index contributed by atoms with van der Waals surface area (Å²) in [6.45, 7) is 2.44. The Balaban J connectivity index is 1.51. The fraction of sp³-hybridized carbons (Fsp3) is 0.600. The van der Waals surface area contributed by atoms with Crippen LogP contribution in [0.4, 0.5) is 11.4 Å². The van der Waals surface area contributed by atoms with Gasteiger partial charge in [-0.1, -0.05) is 0 Å². The summed E-state index contributed by atoms with van der Waals surface area (Å²) >= 11 is 0. The molecule has 2 heterocycles. The van der Waals surface area contributed by atoms with E-state index in [9.17, 15) is 9.59 Å². The van der Waals surface area contributed by atoms with Crippen LogP contribution in [0.2, 0.25) is 0 Å². The molecule has 4 rings (SSSR count). The monoisotopic (exact) mass is 357 g/mol. The van der Waals surface area contributed by atoms with Crippen LogP contribution in [0.1, 0.15) is 25.7 Å². The van der Waals surface area contributed by atoms with Gasteiger partial charge in [0.25, 0.3) is 0 Å². The highest BCUT2D eigenvalue weighted by Gasteiger charge is 2.38. The average molecular weight is 357 g/mol. The smallest absolute Gasteiger partial charge is 0.232 e. The first kappa shape index (κ1) is 17.2. The Morgan fingerprint density at radius 1 is 1.08 bits per heavy atom. The van der Waals surface area contributed by atoms with Crippen molar-refractivity contribution < 1.29 is 14.3 Å². The summed E-state index contributed by atoms with van der Waals surface area (Å²) in [7, 11) is 3.97. The van der Waals surface area contributed by atoms with Gasteiger partial charge in [0, 0.05) is 44.9 Å². The van der Waals surface area contributed by atoms with Gasteiger partial charge in [0.1, 0.15) is 12.4 Å². The summed E-state index contributed by atoms with van der Waals surface area (Å²) in [6.07, 6.45) is 3.79. The van der Waals surface area contributed by atoms with Crippen LogP contribution in [0.3, 0.4) is 0 Å². The third-order valence-corrected chi connectivity index (χ3v) is 5.60. The topological polar surface area (TPSA) is 53.1 Å². The lowest BCUT2D eigenvalue weighted by Gasteiger charge is -2.37. The summed E-state index contributed by atoms with van der Waals surface area (Å²) in [5.74, 6) is 1.25. The normalized spacial score (nSPS) is 22.5. The molecule has 1 saturated carbocycles. The number of hydrogen-bond donors (Lipinski definition) is 0. The number of likely N-dealkylation sites (tertiary alicyclic amines) is 1. The number of amides is 2. The minimum Gasteiger partial charge on any atom is -0.489 e. The maximum atomic E-state index is 13.2. The highest BCUT2D eigenvalue weighted by molar-refractivity contribution is 5.97. The molecule has 2 fully saturated rings. The molecular formula is C20H27N3O3. The van der Waals surface area contributed by atoms with E-state index in [2.05, 4.69) is 0 Å². The Bertz CT molecular complexity index is 714. The number of rotatable bonds is 3. The number of ether oxygens (including phenoxy) is 1. The number of hydrogen-bond acceptors (Lipinski definition) is 4. The molecule has 0 N–H and O–H groups in total. The zero-order valence-corrected chi connectivity index (χ0v) is 15.6. The Kier molecular flexibility index (Phi) is 4.51. The Morgan fingerprint density at radius 2 is 1.88 bits per heavy atom. The van der Waals surface area contributed by atoms with Gasteiger partial charge in [0.2, 0.25) is 11.8 Å². The second-order valence-corrected chi connectivity index (χ2v) is 7.78. The molecule has 0 spiro atoms. The summed E-state index contributed by atoms with van der Waals surface area (Å²) in [4.78, 5) is 31.4. The van der Waals surface area contributed by atoms with Crippen LogP contribution in [-0.2, 0) is 9.59 Å². The SMILES string of the molecule is CN(C)c1ccc2c(c1)OCCN2C(=O)C1CCCN(C(=O)C2CC2)C1. The molecule has 1 aromatic carbocycles. The van der Waals surface area contributed by atoms with Gasteiger partial charge in [0.05, 0.1) is 18.2 Å². The number of fused-ring (bicyclic) bond motifs is 1. The minimum absolute atomic E-state index is 0.106. The molecule has 140 valence electrons. The number of benzene rings is 1. The van der Waals surface area contributed by atoms with Gasteiger partial charge in [-0.15, -0.1) is 0 Å². The molecule has 3 aliphatic rings. The van der Waals surface area contributed by atoms with E-state index in [0.717, 1.165) is 49.4 Å². The summed E-state index contributed by atoms with van der Waals surface area (Å²) < 4.78 is 5.80. The van der Waals surface area contributed by atoms with Crippen molar-refractivity contribution in [2.45, 2.75) is 25.7 Å².